The number of hydrogen-bond acceptors (Lipinski definition) is 3. The van der Waals surface area contributed by atoms with Gasteiger partial charge in [-0.05, 0) is 30.7 Å². The Labute approximate surface area is 170 Å². The predicted molar refractivity (Wildman–Crippen MR) is 114 cm³/mol. The van der Waals surface area contributed by atoms with E-state index in [-0.39, 0.29) is 23.6 Å². The van der Waals surface area contributed by atoms with Crippen LogP contribution in [0, 0.1) is 0 Å². The van der Waals surface area contributed by atoms with Gasteiger partial charge in [0.05, 0.1) is 12.6 Å². The molecule has 0 fully saturated rings. The highest BCUT2D eigenvalue weighted by molar-refractivity contribution is 6.06. The summed E-state index contributed by atoms with van der Waals surface area (Å²) >= 11 is 0. The zero-order valence-electron chi connectivity index (χ0n) is 16.6. The number of aromatic nitrogens is 1. The van der Waals surface area contributed by atoms with Crippen LogP contribution < -0.4 is 10.6 Å². The van der Waals surface area contributed by atoms with Crippen molar-refractivity contribution in [3.05, 3.63) is 77.6 Å². The van der Waals surface area contributed by atoms with Crippen LogP contribution in [0.2, 0.25) is 0 Å². The molecule has 0 saturated heterocycles. The number of carbonyl (C=O) groups excluding carboxylic acids is 2. The lowest BCUT2D eigenvalue weighted by atomic mass is 10.1. The van der Waals surface area contributed by atoms with E-state index in [1.54, 1.807) is 37.5 Å². The average molecular weight is 391 g/mol. The highest BCUT2D eigenvalue weighted by Gasteiger charge is 2.18. The Morgan fingerprint density at radius 2 is 1.83 bits per heavy atom. The van der Waals surface area contributed by atoms with Crippen molar-refractivity contribution >= 4 is 28.8 Å². The molecule has 0 aliphatic heterocycles. The number of benzene rings is 2. The van der Waals surface area contributed by atoms with Gasteiger partial charge in [-0.1, -0.05) is 43.3 Å². The number of carbonyl (C=O) groups is 2. The molecule has 0 spiro atoms. The second-order valence-corrected chi connectivity index (χ2v) is 6.70. The minimum absolute atomic E-state index is 0.146. The lowest BCUT2D eigenvalue weighted by molar-refractivity contribution is -0.118. The second kappa shape index (κ2) is 9.71. The van der Waals surface area contributed by atoms with Gasteiger partial charge < -0.3 is 20.4 Å². The van der Waals surface area contributed by atoms with Crippen LogP contribution >= 0.6 is 0 Å². The number of amides is 2. The fourth-order valence-electron chi connectivity index (χ4n) is 3.04. The topological polar surface area (TPSA) is 83.2 Å². The summed E-state index contributed by atoms with van der Waals surface area (Å²) in [6.45, 7) is 2.37. The standard InChI is InChI=1S/C23H25N3O3/c1-3-18(15-29-2)25-23(28)21(26-22(27)16-9-5-4-6-10-16)13-17-14-24-20-12-8-7-11-19(17)20/h4-14,18,24H,3,15H2,1-2H3,(H,25,28)(H,26,27)/b21-13-/t18-/m0/s1. The molecule has 2 aromatic carbocycles. The zero-order chi connectivity index (χ0) is 20.6. The number of H-pyrrole nitrogens is 1. The minimum Gasteiger partial charge on any atom is -0.383 e. The van der Waals surface area contributed by atoms with Crippen LogP contribution in [0.5, 0.6) is 0 Å². The van der Waals surface area contributed by atoms with E-state index in [9.17, 15) is 9.59 Å². The van der Waals surface area contributed by atoms with Gasteiger partial charge in [-0.2, -0.15) is 0 Å². The van der Waals surface area contributed by atoms with E-state index in [2.05, 4.69) is 15.6 Å². The lowest BCUT2D eigenvalue weighted by Gasteiger charge is -2.18. The molecule has 3 aromatic rings. The molecule has 1 heterocycles. The third-order valence-corrected chi connectivity index (χ3v) is 4.65. The van der Waals surface area contributed by atoms with E-state index in [0.29, 0.717) is 18.6 Å². The molecule has 0 unspecified atom stereocenters. The van der Waals surface area contributed by atoms with Gasteiger partial charge in [0.2, 0.25) is 0 Å². The van der Waals surface area contributed by atoms with Gasteiger partial charge in [0.15, 0.2) is 0 Å². The number of nitrogens with one attached hydrogen (secondary N) is 3. The van der Waals surface area contributed by atoms with Crippen molar-refractivity contribution in [2.45, 2.75) is 19.4 Å². The van der Waals surface area contributed by atoms with Crippen molar-refractivity contribution in [1.82, 2.24) is 15.6 Å². The van der Waals surface area contributed by atoms with Crippen LogP contribution in [-0.4, -0.2) is 36.6 Å². The Hall–Kier alpha value is -3.38. The van der Waals surface area contributed by atoms with Gasteiger partial charge in [0, 0.05) is 35.3 Å². The molecule has 3 rings (SSSR count). The number of para-hydroxylation sites is 1. The quantitative estimate of drug-likeness (QED) is 0.514. The fraction of sp³-hybridized carbons (Fsp3) is 0.217. The summed E-state index contributed by atoms with van der Waals surface area (Å²) in [4.78, 5) is 28.8. The van der Waals surface area contributed by atoms with Crippen molar-refractivity contribution in [1.29, 1.82) is 0 Å². The first-order valence-electron chi connectivity index (χ1n) is 9.56. The first-order valence-corrected chi connectivity index (χ1v) is 9.56. The molecule has 6 heteroatoms. The maximum atomic E-state index is 13.0. The largest absolute Gasteiger partial charge is 0.383 e. The van der Waals surface area contributed by atoms with Crippen molar-refractivity contribution in [2.24, 2.45) is 0 Å². The summed E-state index contributed by atoms with van der Waals surface area (Å²) in [5.74, 6) is -0.699. The number of hydrogen-bond donors (Lipinski definition) is 3. The molecule has 29 heavy (non-hydrogen) atoms. The van der Waals surface area contributed by atoms with E-state index in [4.69, 9.17) is 4.74 Å². The normalized spacial score (nSPS) is 12.6. The SMILES string of the molecule is CC[C@@H](COC)NC(=O)/C(=C/c1c[nH]c2ccccc12)NC(=O)c1ccccc1. The van der Waals surface area contributed by atoms with Gasteiger partial charge in [-0.3, -0.25) is 9.59 Å². The van der Waals surface area contributed by atoms with Crippen LogP contribution in [0.1, 0.15) is 29.3 Å². The monoisotopic (exact) mass is 391 g/mol. The smallest absolute Gasteiger partial charge is 0.268 e. The van der Waals surface area contributed by atoms with Gasteiger partial charge in [0.1, 0.15) is 5.70 Å². The van der Waals surface area contributed by atoms with E-state index >= 15 is 0 Å². The molecule has 1 aromatic heterocycles. The number of aromatic amines is 1. The highest BCUT2D eigenvalue weighted by Crippen LogP contribution is 2.20. The first kappa shape index (κ1) is 20.4. The third-order valence-electron chi connectivity index (χ3n) is 4.65. The number of fused-ring (bicyclic) bond motifs is 1. The van der Waals surface area contributed by atoms with Gasteiger partial charge in [-0.25, -0.2) is 0 Å². The summed E-state index contributed by atoms with van der Waals surface area (Å²) in [6, 6.07) is 16.5. The van der Waals surface area contributed by atoms with E-state index in [0.717, 1.165) is 16.5 Å². The molecule has 0 bridgehead atoms. The fourth-order valence-corrected chi connectivity index (χ4v) is 3.04. The zero-order valence-corrected chi connectivity index (χ0v) is 16.6. The van der Waals surface area contributed by atoms with E-state index in [1.165, 1.54) is 0 Å². The molecular weight excluding hydrogens is 366 g/mol. The van der Waals surface area contributed by atoms with Crippen LogP contribution in [0.4, 0.5) is 0 Å². The first-order chi connectivity index (χ1) is 14.1. The van der Waals surface area contributed by atoms with Gasteiger partial charge in [0.25, 0.3) is 11.8 Å². The van der Waals surface area contributed by atoms with E-state index in [1.807, 2.05) is 43.5 Å². The number of methoxy groups -OCH3 is 1. The average Bonchev–Trinajstić information content (AvgIpc) is 3.16. The van der Waals surface area contributed by atoms with Gasteiger partial charge in [-0.15, -0.1) is 0 Å². The van der Waals surface area contributed by atoms with Crippen LogP contribution in [-0.2, 0) is 9.53 Å². The molecular formula is C23H25N3O3. The third kappa shape index (κ3) is 5.12. The maximum absolute atomic E-state index is 13.0. The molecule has 3 N–H and O–H groups in total. The Morgan fingerprint density at radius 3 is 2.55 bits per heavy atom. The molecule has 0 radical (unpaired) electrons. The second-order valence-electron chi connectivity index (χ2n) is 6.70. The minimum atomic E-state index is -0.358. The Kier molecular flexibility index (Phi) is 6.81. The molecule has 2 amide bonds. The van der Waals surface area contributed by atoms with Crippen molar-refractivity contribution in [3.8, 4) is 0 Å². The van der Waals surface area contributed by atoms with Crippen molar-refractivity contribution in [3.63, 3.8) is 0 Å². The molecule has 1 atom stereocenters. The van der Waals surface area contributed by atoms with Crippen molar-refractivity contribution in [2.75, 3.05) is 13.7 Å². The van der Waals surface area contributed by atoms with Gasteiger partial charge >= 0.3 is 0 Å². The lowest BCUT2D eigenvalue weighted by Crippen LogP contribution is -2.42. The molecule has 0 saturated carbocycles. The molecule has 150 valence electrons. The maximum Gasteiger partial charge on any atom is 0.268 e. The Balaban J connectivity index is 1.92. The summed E-state index contributed by atoms with van der Waals surface area (Å²) in [5, 5.41) is 6.66. The molecule has 0 aliphatic rings. The molecule has 6 nitrogen and oxygen atoms in total. The Bertz CT molecular complexity index is 1010. The number of ether oxygens (including phenoxy) is 1. The summed E-state index contributed by atoms with van der Waals surface area (Å²) in [7, 11) is 1.59. The number of rotatable bonds is 8. The van der Waals surface area contributed by atoms with E-state index < -0.39 is 0 Å². The summed E-state index contributed by atoms with van der Waals surface area (Å²) in [6.07, 6.45) is 4.22. The predicted octanol–water partition coefficient (Wildman–Crippen LogP) is 3.48. The Morgan fingerprint density at radius 1 is 1.10 bits per heavy atom. The van der Waals surface area contributed by atoms with Crippen LogP contribution in [0.3, 0.4) is 0 Å². The summed E-state index contributed by atoms with van der Waals surface area (Å²) in [5.41, 5.74) is 2.44. The molecule has 0 aliphatic carbocycles. The van der Waals surface area contributed by atoms with Crippen LogP contribution in [0.15, 0.2) is 66.5 Å². The van der Waals surface area contributed by atoms with Crippen LogP contribution in [0.25, 0.3) is 17.0 Å². The van der Waals surface area contributed by atoms with Crippen molar-refractivity contribution < 1.29 is 14.3 Å². The summed E-state index contributed by atoms with van der Waals surface area (Å²) < 4.78 is 5.16. The highest BCUT2D eigenvalue weighted by atomic mass is 16.5.